The minimum absolute atomic E-state index is 0.0585. The molecule has 2 heterocycles. The highest BCUT2D eigenvalue weighted by Gasteiger charge is 2.44. The van der Waals surface area contributed by atoms with Crippen molar-refractivity contribution in [1.82, 2.24) is 10.3 Å². The first-order chi connectivity index (χ1) is 8.54. The Morgan fingerprint density at radius 1 is 1.61 bits per heavy atom. The molecule has 0 spiro atoms. The van der Waals surface area contributed by atoms with E-state index in [2.05, 4.69) is 10.3 Å². The third-order valence-electron chi connectivity index (χ3n) is 3.59. The smallest absolute Gasteiger partial charge is 0.230 e. The van der Waals surface area contributed by atoms with Gasteiger partial charge in [-0.3, -0.25) is 9.78 Å². The molecular formula is C13H19N3O2. The first-order valence-corrected chi connectivity index (χ1v) is 6.08. The summed E-state index contributed by atoms with van der Waals surface area (Å²) in [7, 11) is 0. The molecule has 1 aliphatic rings. The number of ether oxygens (including phenoxy) is 1. The molecule has 2 rings (SSSR count). The lowest BCUT2D eigenvalue weighted by Crippen LogP contribution is -2.50. The molecule has 0 aliphatic carbocycles. The van der Waals surface area contributed by atoms with E-state index < -0.39 is 5.41 Å². The third kappa shape index (κ3) is 2.37. The Bertz CT molecular complexity index is 424. The highest BCUT2D eigenvalue weighted by atomic mass is 16.5. The molecule has 1 fully saturated rings. The van der Waals surface area contributed by atoms with Crippen molar-refractivity contribution in [3.05, 3.63) is 30.1 Å². The number of nitrogens with one attached hydrogen (secondary N) is 1. The number of nitrogens with zero attached hydrogens (tertiary/aromatic N) is 1. The van der Waals surface area contributed by atoms with Crippen molar-refractivity contribution in [2.45, 2.75) is 25.9 Å². The molecule has 2 unspecified atom stereocenters. The quantitative estimate of drug-likeness (QED) is 0.823. The van der Waals surface area contributed by atoms with Crippen LogP contribution in [0.3, 0.4) is 0 Å². The Morgan fingerprint density at radius 2 is 2.28 bits per heavy atom. The maximum Gasteiger partial charge on any atom is 0.230 e. The number of aromatic nitrogens is 1. The zero-order valence-corrected chi connectivity index (χ0v) is 10.7. The molecule has 0 radical (unpaired) electrons. The predicted octanol–water partition coefficient (Wildman–Crippen LogP) is 0.623. The van der Waals surface area contributed by atoms with E-state index in [1.54, 1.807) is 12.4 Å². The average Bonchev–Trinajstić information content (AvgIpc) is 2.72. The molecule has 3 atom stereocenters. The van der Waals surface area contributed by atoms with Gasteiger partial charge in [0.15, 0.2) is 0 Å². The Balaban J connectivity index is 2.04. The molecule has 1 aromatic rings. The second kappa shape index (κ2) is 5.04. The molecule has 0 saturated carbocycles. The summed E-state index contributed by atoms with van der Waals surface area (Å²) in [6.45, 7) is 4.60. The van der Waals surface area contributed by atoms with Crippen molar-refractivity contribution >= 4 is 5.91 Å². The number of carbonyl (C=O) groups excluding carboxylic acids is 1. The molecule has 98 valence electrons. The van der Waals surface area contributed by atoms with E-state index in [0.717, 1.165) is 5.56 Å². The molecule has 1 aromatic heterocycles. The van der Waals surface area contributed by atoms with E-state index in [1.807, 2.05) is 26.0 Å². The zero-order chi connectivity index (χ0) is 13.2. The lowest BCUT2D eigenvalue weighted by atomic mass is 9.84. The van der Waals surface area contributed by atoms with Gasteiger partial charge in [0.25, 0.3) is 0 Å². The largest absolute Gasteiger partial charge is 0.379 e. The maximum atomic E-state index is 12.3. The predicted molar refractivity (Wildman–Crippen MR) is 67.7 cm³/mol. The van der Waals surface area contributed by atoms with Crippen molar-refractivity contribution in [3.8, 4) is 0 Å². The molecule has 5 heteroatoms. The third-order valence-corrected chi connectivity index (χ3v) is 3.59. The van der Waals surface area contributed by atoms with Crippen molar-refractivity contribution in [2.24, 2.45) is 11.1 Å². The highest BCUT2D eigenvalue weighted by Crippen LogP contribution is 2.28. The topological polar surface area (TPSA) is 77.2 Å². The molecule has 1 aliphatic heterocycles. The summed E-state index contributed by atoms with van der Waals surface area (Å²) in [4.78, 5) is 16.2. The van der Waals surface area contributed by atoms with Crippen LogP contribution >= 0.6 is 0 Å². The number of amides is 1. The van der Waals surface area contributed by atoms with Gasteiger partial charge < -0.3 is 15.8 Å². The second-order valence-corrected chi connectivity index (χ2v) is 5.01. The minimum Gasteiger partial charge on any atom is -0.379 e. The average molecular weight is 249 g/mol. The fraction of sp³-hybridized carbons (Fsp3) is 0.538. The first kappa shape index (κ1) is 13.0. The molecule has 0 aromatic carbocycles. The minimum atomic E-state index is -0.638. The van der Waals surface area contributed by atoms with Crippen LogP contribution in [0, 0.1) is 5.41 Å². The van der Waals surface area contributed by atoms with Crippen LogP contribution in [0.5, 0.6) is 0 Å². The van der Waals surface area contributed by atoms with Crippen LogP contribution in [0.25, 0.3) is 0 Å². The molecule has 1 amide bonds. The van der Waals surface area contributed by atoms with Crippen molar-refractivity contribution in [3.63, 3.8) is 0 Å². The Labute approximate surface area is 107 Å². The standard InChI is InChI=1S/C13H19N3O2/c1-9(10-3-5-15-6-4-10)16-12(17)13(2)8-18-7-11(13)14/h3-6,9,11H,7-8,14H2,1-2H3,(H,16,17)/t9-,11?,13?/m0/s1. The summed E-state index contributed by atoms with van der Waals surface area (Å²) in [6, 6.07) is 3.46. The van der Waals surface area contributed by atoms with Crippen LogP contribution in [0.2, 0.25) is 0 Å². The number of nitrogens with two attached hydrogens (primary N) is 1. The Hall–Kier alpha value is -1.46. The van der Waals surface area contributed by atoms with E-state index in [0.29, 0.717) is 13.2 Å². The van der Waals surface area contributed by atoms with Crippen LogP contribution in [-0.2, 0) is 9.53 Å². The summed E-state index contributed by atoms with van der Waals surface area (Å²) in [5, 5.41) is 2.98. The fourth-order valence-electron chi connectivity index (χ4n) is 2.02. The highest BCUT2D eigenvalue weighted by molar-refractivity contribution is 5.84. The van der Waals surface area contributed by atoms with Gasteiger partial charge in [0, 0.05) is 18.4 Å². The molecule has 1 saturated heterocycles. The summed E-state index contributed by atoms with van der Waals surface area (Å²) >= 11 is 0. The van der Waals surface area contributed by atoms with E-state index >= 15 is 0 Å². The van der Waals surface area contributed by atoms with Gasteiger partial charge in [-0.25, -0.2) is 0 Å². The summed E-state index contributed by atoms with van der Waals surface area (Å²) in [5.74, 6) is -0.0585. The fourth-order valence-corrected chi connectivity index (χ4v) is 2.02. The van der Waals surface area contributed by atoms with Gasteiger partial charge in [-0.15, -0.1) is 0 Å². The van der Waals surface area contributed by atoms with Gasteiger partial charge in [-0.2, -0.15) is 0 Å². The van der Waals surface area contributed by atoms with Crippen molar-refractivity contribution in [2.75, 3.05) is 13.2 Å². The normalized spacial score (nSPS) is 28.9. The van der Waals surface area contributed by atoms with E-state index in [-0.39, 0.29) is 18.0 Å². The number of hydrogen-bond acceptors (Lipinski definition) is 4. The molecule has 0 bridgehead atoms. The Kier molecular flexibility index (Phi) is 3.63. The Morgan fingerprint density at radius 3 is 2.83 bits per heavy atom. The van der Waals surface area contributed by atoms with Gasteiger partial charge in [0.1, 0.15) is 0 Å². The van der Waals surface area contributed by atoms with Gasteiger partial charge in [0.2, 0.25) is 5.91 Å². The summed E-state index contributed by atoms with van der Waals surface area (Å²) < 4.78 is 5.28. The molecule has 3 N–H and O–H groups in total. The number of rotatable bonds is 3. The van der Waals surface area contributed by atoms with Crippen LogP contribution in [0.15, 0.2) is 24.5 Å². The van der Waals surface area contributed by atoms with E-state index in [1.165, 1.54) is 0 Å². The summed E-state index contributed by atoms with van der Waals surface area (Å²) in [6.07, 6.45) is 3.42. The van der Waals surface area contributed by atoms with Gasteiger partial charge in [0.05, 0.1) is 24.7 Å². The number of hydrogen-bond donors (Lipinski definition) is 2. The second-order valence-electron chi connectivity index (χ2n) is 5.01. The van der Waals surface area contributed by atoms with Crippen LogP contribution in [0.4, 0.5) is 0 Å². The first-order valence-electron chi connectivity index (χ1n) is 6.08. The van der Waals surface area contributed by atoms with Gasteiger partial charge in [-0.1, -0.05) is 0 Å². The molecule has 5 nitrogen and oxygen atoms in total. The van der Waals surface area contributed by atoms with Crippen molar-refractivity contribution in [1.29, 1.82) is 0 Å². The van der Waals surface area contributed by atoms with Gasteiger partial charge in [-0.05, 0) is 31.5 Å². The SMILES string of the molecule is C[C@H](NC(=O)C1(C)COCC1N)c1ccncc1. The lowest BCUT2D eigenvalue weighted by Gasteiger charge is -2.27. The van der Waals surface area contributed by atoms with Crippen LogP contribution in [0.1, 0.15) is 25.5 Å². The van der Waals surface area contributed by atoms with Crippen molar-refractivity contribution < 1.29 is 9.53 Å². The maximum absolute atomic E-state index is 12.3. The lowest BCUT2D eigenvalue weighted by molar-refractivity contribution is -0.131. The number of carbonyl (C=O) groups is 1. The summed E-state index contributed by atoms with van der Waals surface area (Å²) in [5.41, 5.74) is 6.32. The monoisotopic (exact) mass is 249 g/mol. The number of pyridine rings is 1. The van der Waals surface area contributed by atoms with E-state index in [4.69, 9.17) is 10.5 Å². The molecular weight excluding hydrogens is 230 g/mol. The zero-order valence-electron chi connectivity index (χ0n) is 10.7. The van der Waals surface area contributed by atoms with Gasteiger partial charge >= 0.3 is 0 Å². The molecule has 18 heavy (non-hydrogen) atoms. The van der Waals surface area contributed by atoms with Crippen LogP contribution in [-0.4, -0.2) is 30.1 Å². The van der Waals surface area contributed by atoms with E-state index in [9.17, 15) is 4.79 Å². The van der Waals surface area contributed by atoms with Crippen LogP contribution < -0.4 is 11.1 Å².